The summed E-state index contributed by atoms with van der Waals surface area (Å²) in [7, 11) is 0. The number of rotatable bonds is 3. The molecule has 1 heterocycles. The Bertz CT molecular complexity index is 766. The van der Waals surface area contributed by atoms with Gasteiger partial charge in [-0.1, -0.05) is 44.2 Å². The molecular formula is C20H22N4O. The fourth-order valence-electron chi connectivity index (χ4n) is 2.53. The van der Waals surface area contributed by atoms with Gasteiger partial charge in [0.15, 0.2) is 11.3 Å². The molecule has 0 bridgehead atoms. The molecule has 5 nitrogen and oxygen atoms in total. The maximum atomic E-state index is 9.40. The van der Waals surface area contributed by atoms with Gasteiger partial charge in [0, 0.05) is 5.57 Å². The third-order valence-electron chi connectivity index (χ3n) is 3.56. The van der Waals surface area contributed by atoms with Gasteiger partial charge in [-0.15, -0.1) is 0 Å². The molecule has 0 fully saturated rings. The molecule has 0 amide bonds. The van der Waals surface area contributed by atoms with Gasteiger partial charge >= 0.3 is 0 Å². The normalized spacial score (nSPS) is 14.4. The molecule has 25 heavy (non-hydrogen) atoms. The first-order chi connectivity index (χ1) is 12.0. The van der Waals surface area contributed by atoms with E-state index in [-0.39, 0.29) is 16.9 Å². The van der Waals surface area contributed by atoms with Gasteiger partial charge in [-0.05, 0) is 32.5 Å². The van der Waals surface area contributed by atoms with E-state index in [1.54, 1.807) is 12.1 Å². The molecule has 1 aliphatic heterocycles. The van der Waals surface area contributed by atoms with E-state index in [0.29, 0.717) is 5.57 Å². The summed E-state index contributed by atoms with van der Waals surface area (Å²) in [5.41, 5.74) is 0.846. The molecule has 0 saturated heterocycles. The minimum Gasteiger partial charge on any atom is -0.480 e. The molecule has 1 aromatic carbocycles. The van der Waals surface area contributed by atoms with Crippen LogP contribution in [0.15, 0.2) is 47.2 Å². The topological polar surface area (TPSA) is 92.6 Å². The van der Waals surface area contributed by atoms with Crippen molar-refractivity contribution in [3.8, 4) is 18.2 Å². The minimum atomic E-state index is -0.763. The van der Waals surface area contributed by atoms with Crippen LogP contribution in [-0.2, 0) is 4.74 Å². The van der Waals surface area contributed by atoms with E-state index >= 15 is 0 Å². The summed E-state index contributed by atoms with van der Waals surface area (Å²) in [5, 5.41) is 30.5. The highest BCUT2D eigenvalue weighted by atomic mass is 16.5. The highest BCUT2D eigenvalue weighted by Crippen LogP contribution is 2.44. The molecule has 5 heteroatoms. The Morgan fingerprint density at radius 1 is 1.04 bits per heavy atom. The molecule has 0 aromatic heterocycles. The third kappa shape index (κ3) is 4.70. The zero-order valence-electron chi connectivity index (χ0n) is 15.1. The Kier molecular flexibility index (Phi) is 7.42. The lowest BCUT2D eigenvalue weighted by molar-refractivity contribution is 0.109. The van der Waals surface area contributed by atoms with Gasteiger partial charge in [0.1, 0.15) is 29.4 Å². The van der Waals surface area contributed by atoms with Crippen LogP contribution in [0.3, 0.4) is 0 Å². The molecule has 2 rings (SSSR count). The van der Waals surface area contributed by atoms with E-state index in [2.05, 4.69) is 25.2 Å². The van der Waals surface area contributed by atoms with Gasteiger partial charge < -0.3 is 10.1 Å². The lowest BCUT2D eigenvalue weighted by atomic mass is 9.89. The van der Waals surface area contributed by atoms with Gasteiger partial charge in [-0.25, -0.2) is 0 Å². The van der Waals surface area contributed by atoms with Crippen LogP contribution in [0.25, 0.3) is 5.57 Å². The summed E-state index contributed by atoms with van der Waals surface area (Å²) in [6.45, 7) is 10.0. The molecule has 0 saturated carbocycles. The Hall–Kier alpha value is -3.07. The van der Waals surface area contributed by atoms with Gasteiger partial charge in [0.2, 0.25) is 0 Å². The van der Waals surface area contributed by atoms with Crippen molar-refractivity contribution in [1.29, 1.82) is 15.8 Å². The van der Waals surface area contributed by atoms with Crippen LogP contribution in [0.5, 0.6) is 0 Å². The third-order valence-corrected chi connectivity index (χ3v) is 3.56. The number of allylic oxidation sites excluding steroid dienone is 2. The summed E-state index contributed by atoms with van der Waals surface area (Å²) in [5.74, 6) is 0.0707. The first kappa shape index (κ1) is 20.0. The molecule has 0 atom stereocenters. The summed E-state index contributed by atoms with van der Waals surface area (Å²) >= 11 is 0. The van der Waals surface area contributed by atoms with E-state index in [0.717, 1.165) is 18.7 Å². The van der Waals surface area contributed by atoms with Crippen LogP contribution in [0.2, 0.25) is 0 Å². The Morgan fingerprint density at radius 3 is 2.00 bits per heavy atom. The van der Waals surface area contributed by atoms with Crippen LogP contribution in [-0.4, -0.2) is 18.7 Å². The van der Waals surface area contributed by atoms with E-state index in [1.165, 1.54) is 0 Å². The largest absolute Gasteiger partial charge is 0.480 e. The van der Waals surface area contributed by atoms with Gasteiger partial charge in [0.25, 0.3) is 0 Å². The van der Waals surface area contributed by atoms with E-state index in [4.69, 9.17) is 15.3 Å². The smallest absolute Gasteiger partial charge is 0.172 e. The number of hydrogen-bond acceptors (Lipinski definition) is 5. The van der Waals surface area contributed by atoms with Crippen molar-refractivity contribution in [2.45, 2.75) is 33.3 Å². The summed E-state index contributed by atoms with van der Waals surface area (Å²) in [6, 6.07) is 15.0. The molecular weight excluding hydrogens is 312 g/mol. The number of benzene rings is 1. The van der Waals surface area contributed by atoms with Gasteiger partial charge in [-0.3, -0.25) is 0 Å². The number of ether oxygens (including phenoxy) is 1. The average Bonchev–Trinajstić information content (AvgIpc) is 2.88. The zero-order chi connectivity index (χ0) is 18.9. The van der Waals surface area contributed by atoms with E-state index < -0.39 is 5.60 Å². The van der Waals surface area contributed by atoms with Crippen molar-refractivity contribution in [1.82, 2.24) is 5.32 Å². The summed E-state index contributed by atoms with van der Waals surface area (Å²) < 4.78 is 5.70. The first-order valence-corrected chi connectivity index (χ1v) is 8.11. The van der Waals surface area contributed by atoms with Crippen LogP contribution in [0, 0.1) is 34.0 Å². The van der Waals surface area contributed by atoms with Crippen molar-refractivity contribution >= 4 is 5.57 Å². The van der Waals surface area contributed by atoms with Crippen molar-refractivity contribution in [2.24, 2.45) is 0 Å². The molecule has 128 valence electrons. The van der Waals surface area contributed by atoms with Crippen molar-refractivity contribution in [2.75, 3.05) is 13.1 Å². The molecule has 1 aliphatic rings. The summed E-state index contributed by atoms with van der Waals surface area (Å²) in [4.78, 5) is 0. The Morgan fingerprint density at radius 2 is 1.60 bits per heavy atom. The fourth-order valence-corrected chi connectivity index (χ4v) is 2.53. The van der Waals surface area contributed by atoms with E-state index in [1.807, 2.05) is 44.2 Å². The predicted octanol–water partition coefficient (Wildman–Crippen LogP) is 3.69. The van der Waals surface area contributed by atoms with Crippen molar-refractivity contribution in [3.63, 3.8) is 0 Å². The molecule has 0 radical (unpaired) electrons. The van der Waals surface area contributed by atoms with Crippen LogP contribution >= 0.6 is 0 Å². The second kappa shape index (κ2) is 9.28. The highest BCUT2D eigenvalue weighted by molar-refractivity contribution is 5.84. The molecule has 0 spiro atoms. The second-order valence-electron chi connectivity index (χ2n) is 5.73. The number of nitrogens with zero attached hydrogens (tertiary/aromatic N) is 3. The molecule has 0 aliphatic carbocycles. The SMILES string of the molecule is CC1(C)OC(=C(C#N)C#N)C(C#N)=C1c1ccccc1.CCNCC. The average molecular weight is 334 g/mol. The number of nitriles is 3. The molecule has 0 unspecified atom stereocenters. The maximum Gasteiger partial charge on any atom is 0.172 e. The standard InChI is InChI=1S/C16H11N3O.C4H11N/c1-16(2)14(11-6-4-3-5-7-11)13(10-19)15(20-16)12(8-17)9-18;1-3-5-4-2/h3-7H,1-2H3;5H,3-4H2,1-2H3. The number of hydrogen-bond donors (Lipinski definition) is 1. The Balaban J connectivity index is 0.000000550. The zero-order valence-corrected chi connectivity index (χ0v) is 15.1. The first-order valence-electron chi connectivity index (χ1n) is 8.11. The lowest BCUT2D eigenvalue weighted by Gasteiger charge is -2.22. The number of nitrogens with one attached hydrogen (secondary N) is 1. The van der Waals surface area contributed by atoms with Gasteiger partial charge in [-0.2, -0.15) is 15.8 Å². The van der Waals surface area contributed by atoms with E-state index in [9.17, 15) is 5.26 Å². The maximum absolute atomic E-state index is 9.40. The predicted molar refractivity (Wildman–Crippen MR) is 96.6 cm³/mol. The second-order valence-corrected chi connectivity index (χ2v) is 5.73. The van der Waals surface area contributed by atoms with Crippen molar-refractivity contribution in [3.05, 3.63) is 52.8 Å². The van der Waals surface area contributed by atoms with Crippen molar-refractivity contribution < 1.29 is 4.74 Å². The molecule has 1 N–H and O–H groups in total. The summed E-state index contributed by atoms with van der Waals surface area (Å²) in [6.07, 6.45) is 0. The monoisotopic (exact) mass is 334 g/mol. The highest BCUT2D eigenvalue weighted by Gasteiger charge is 2.40. The van der Waals surface area contributed by atoms with Crippen LogP contribution in [0.1, 0.15) is 33.3 Å². The van der Waals surface area contributed by atoms with Gasteiger partial charge in [0.05, 0.1) is 0 Å². The van der Waals surface area contributed by atoms with Crippen LogP contribution in [0.4, 0.5) is 0 Å². The Labute approximate surface area is 149 Å². The van der Waals surface area contributed by atoms with Crippen LogP contribution < -0.4 is 5.32 Å². The fraction of sp³-hybridized carbons (Fsp3) is 0.350. The molecule has 1 aromatic rings. The minimum absolute atomic E-state index is 0.0707. The lowest BCUT2D eigenvalue weighted by Crippen LogP contribution is -2.20. The quantitative estimate of drug-likeness (QED) is 0.851.